The molecule has 0 saturated carbocycles. The van der Waals surface area contributed by atoms with Gasteiger partial charge in [0.15, 0.2) is 0 Å². The summed E-state index contributed by atoms with van der Waals surface area (Å²) in [6.07, 6.45) is -4.21. The predicted molar refractivity (Wildman–Crippen MR) is 101 cm³/mol. The van der Waals surface area contributed by atoms with Gasteiger partial charge in [-0.05, 0) is 6.07 Å². The van der Waals surface area contributed by atoms with Crippen LogP contribution in [-0.4, -0.2) is 27.8 Å². The summed E-state index contributed by atoms with van der Waals surface area (Å²) in [6.45, 7) is 1.14. The summed E-state index contributed by atoms with van der Waals surface area (Å²) in [7, 11) is 0. The second kappa shape index (κ2) is 7.71. The van der Waals surface area contributed by atoms with E-state index in [4.69, 9.17) is 0 Å². The van der Waals surface area contributed by atoms with Gasteiger partial charge in [-0.15, -0.1) is 13.2 Å². The van der Waals surface area contributed by atoms with Crippen molar-refractivity contribution in [2.45, 2.75) is 25.9 Å². The van der Waals surface area contributed by atoms with Crippen LogP contribution in [-0.2, 0) is 19.5 Å². The van der Waals surface area contributed by atoms with Gasteiger partial charge in [0.2, 0.25) is 0 Å². The van der Waals surface area contributed by atoms with Crippen molar-refractivity contribution < 1.29 is 17.9 Å². The zero-order chi connectivity index (χ0) is 20.4. The monoisotopic (exact) mass is 401 g/mol. The van der Waals surface area contributed by atoms with Gasteiger partial charge in [0.05, 0.1) is 11.3 Å². The van der Waals surface area contributed by atoms with Gasteiger partial charge in [-0.1, -0.05) is 48.5 Å². The van der Waals surface area contributed by atoms with Gasteiger partial charge >= 0.3 is 6.36 Å². The van der Waals surface area contributed by atoms with E-state index in [1.54, 1.807) is 12.1 Å². The molecule has 0 spiro atoms. The minimum atomic E-state index is -4.75. The molecule has 0 amide bonds. The number of rotatable bonds is 4. The van der Waals surface area contributed by atoms with E-state index in [-0.39, 0.29) is 17.9 Å². The normalized spacial score (nSPS) is 14.4. The van der Waals surface area contributed by atoms with E-state index in [0.29, 0.717) is 36.5 Å². The predicted octanol–water partition coefficient (Wildman–Crippen LogP) is 3.89. The molecule has 0 bridgehead atoms. The lowest BCUT2D eigenvalue weighted by atomic mass is 10.0. The van der Waals surface area contributed by atoms with E-state index < -0.39 is 6.36 Å². The summed E-state index contributed by atoms with van der Waals surface area (Å²) in [4.78, 5) is 21.9. The van der Waals surface area contributed by atoms with E-state index in [1.165, 1.54) is 12.1 Å². The number of H-pyrrole nitrogens is 1. The molecular formula is C21H18F3N3O2. The lowest BCUT2D eigenvalue weighted by Crippen LogP contribution is -2.35. The van der Waals surface area contributed by atoms with Gasteiger partial charge in [0.1, 0.15) is 11.6 Å². The molecule has 2 heterocycles. The summed E-state index contributed by atoms with van der Waals surface area (Å²) in [6, 6.07) is 15.4. The highest BCUT2D eigenvalue weighted by Gasteiger charge is 2.32. The number of nitrogens with zero attached hydrogens (tertiary/aromatic N) is 2. The molecule has 0 unspecified atom stereocenters. The molecule has 3 aromatic rings. The zero-order valence-electron chi connectivity index (χ0n) is 15.4. The van der Waals surface area contributed by atoms with Crippen molar-refractivity contribution in [2.24, 2.45) is 0 Å². The standard InChI is InChI=1S/C21H18F3N3O2/c22-21(23,24)29-18-9-5-4-8-15(18)12-27-11-10-17-16(13-27)20(28)26-19(25-17)14-6-2-1-3-7-14/h1-9H,10-13H2,(H,25,26,28). The first kappa shape index (κ1) is 19.2. The van der Waals surface area contributed by atoms with Crippen molar-refractivity contribution in [3.05, 3.63) is 81.8 Å². The van der Waals surface area contributed by atoms with Crippen LogP contribution in [0.2, 0.25) is 0 Å². The molecule has 0 fully saturated rings. The maximum absolute atomic E-state index is 12.6. The van der Waals surface area contributed by atoms with Crippen molar-refractivity contribution in [3.8, 4) is 17.1 Å². The number of ether oxygens (including phenoxy) is 1. The Balaban J connectivity index is 1.55. The van der Waals surface area contributed by atoms with Crippen molar-refractivity contribution in [1.82, 2.24) is 14.9 Å². The molecule has 1 N–H and O–H groups in total. The Kier molecular flexibility index (Phi) is 5.10. The van der Waals surface area contributed by atoms with Crippen LogP contribution in [0, 0.1) is 0 Å². The molecule has 0 radical (unpaired) electrons. The van der Waals surface area contributed by atoms with Gasteiger partial charge in [0.25, 0.3) is 5.56 Å². The van der Waals surface area contributed by atoms with Gasteiger partial charge < -0.3 is 9.72 Å². The maximum atomic E-state index is 12.6. The Hall–Kier alpha value is -3.13. The molecule has 4 rings (SSSR count). The summed E-state index contributed by atoms with van der Waals surface area (Å²) < 4.78 is 42.0. The fourth-order valence-electron chi connectivity index (χ4n) is 3.45. The molecule has 0 atom stereocenters. The van der Waals surface area contributed by atoms with E-state index in [9.17, 15) is 18.0 Å². The maximum Gasteiger partial charge on any atom is 0.573 e. The number of benzene rings is 2. The molecule has 5 nitrogen and oxygen atoms in total. The summed E-state index contributed by atoms with van der Waals surface area (Å²) in [5.74, 6) is 0.295. The van der Waals surface area contributed by atoms with Crippen LogP contribution in [0.5, 0.6) is 5.75 Å². The van der Waals surface area contributed by atoms with Gasteiger partial charge in [-0.2, -0.15) is 0 Å². The average Bonchev–Trinajstić information content (AvgIpc) is 2.69. The highest BCUT2D eigenvalue weighted by Crippen LogP contribution is 2.28. The van der Waals surface area contributed by atoms with Crippen LogP contribution < -0.4 is 10.3 Å². The Labute approximate surface area is 164 Å². The minimum Gasteiger partial charge on any atom is -0.405 e. The van der Waals surface area contributed by atoms with Crippen molar-refractivity contribution >= 4 is 0 Å². The number of alkyl halides is 3. The number of nitrogens with one attached hydrogen (secondary N) is 1. The average molecular weight is 401 g/mol. The van der Waals surface area contributed by atoms with Crippen molar-refractivity contribution in [2.75, 3.05) is 6.54 Å². The van der Waals surface area contributed by atoms with Crippen molar-refractivity contribution in [1.29, 1.82) is 0 Å². The number of fused-ring (bicyclic) bond motifs is 1. The van der Waals surface area contributed by atoms with Crippen LogP contribution in [0.3, 0.4) is 0 Å². The largest absolute Gasteiger partial charge is 0.573 e. The topological polar surface area (TPSA) is 58.2 Å². The Morgan fingerprint density at radius 2 is 1.79 bits per heavy atom. The second-order valence-corrected chi connectivity index (χ2v) is 6.82. The number of aromatic amines is 1. The third kappa shape index (κ3) is 4.48. The Morgan fingerprint density at radius 1 is 1.07 bits per heavy atom. The molecule has 29 heavy (non-hydrogen) atoms. The molecule has 1 aliphatic rings. The van der Waals surface area contributed by atoms with Crippen LogP contribution in [0.1, 0.15) is 16.8 Å². The lowest BCUT2D eigenvalue weighted by molar-refractivity contribution is -0.275. The first-order chi connectivity index (χ1) is 13.9. The Bertz CT molecular complexity index is 1060. The van der Waals surface area contributed by atoms with Crippen molar-refractivity contribution in [3.63, 3.8) is 0 Å². The molecule has 1 aromatic heterocycles. The van der Waals surface area contributed by atoms with E-state index >= 15 is 0 Å². The molecular weight excluding hydrogens is 383 g/mol. The summed E-state index contributed by atoms with van der Waals surface area (Å²) in [5, 5.41) is 0. The lowest BCUT2D eigenvalue weighted by Gasteiger charge is -2.28. The summed E-state index contributed by atoms with van der Waals surface area (Å²) >= 11 is 0. The van der Waals surface area contributed by atoms with Gasteiger partial charge in [-0.3, -0.25) is 9.69 Å². The van der Waals surface area contributed by atoms with Crippen LogP contribution in [0.25, 0.3) is 11.4 Å². The van der Waals surface area contributed by atoms with Crippen LogP contribution in [0.4, 0.5) is 13.2 Å². The van der Waals surface area contributed by atoms with Gasteiger partial charge in [-0.25, -0.2) is 4.98 Å². The molecule has 150 valence electrons. The smallest absolute Gasteiger partial charge is 0.405 e. The number of hydrogen-bond acceptors (Lipinski definition) is 4. The van der Waals surface area contributed by atoms with Crippen LogP contribution >= 0.6 is 0 Å². The molecule has 2 aromatic carbocycles. The first-order valence-corrected chi connectivity index (χ1v) is 9.12. The minimum absolute atomic E-state index is 0.224. The molecule has 0 aliphatic carbocycles. The quantitative estimate of drug-likeness (QED) is 0.721. The second-order valence-electron chi connectivity index (χ2n) is 6.82. The van der Waals surface area contributed by atoms with E-state index in [2.05, 4.69) is 14.7 Å². The van der Waals surface area contributed by atoms with Crippen LogP contribution in [0.15, 0.2) is 59.4 Å². The first-order valence-electron chi connectivity index (χ1n) is 9.12. The molecule has 8 heteroatoms. The summed E-state index contributed by atoms with van der Waals surface area (Å²) in [5.41, 5.74) is 2.29. The highest BCUT2D eigenvalue weighted by atomic mass is 19.4. The molecule has 1 aliphatic heterocycles. The van der Waals surface area contributed by atoms with E-state index in [0.717, 1.165) is 11.3 Å². The SMILES string of the molecule is O=c1[nH]c(-c2ccccc2)nc2c1CN(Cc1ccccc1OC(F)(F)F)CC2. The number of halogens is 3. The van der Waals surface area contributed by atoms with Gasteiger partial charge in [0, 0.05) is 37.2 Å². The molecule has 0 saturated heterocycles. The highest BCUT2D eigenvalue weighted by molar-refractivity contribution is 5.54. The number of aromatic nitrogens is 2. The number of para-hydroxylation sites is 1. The van der Waals surface area contributed by atoms with E-state index in [1.807, 2.05) is 35.2 Å². The third-order valence-corrected chi connectivity index (χ3v) is 4.79. The Morgan fingerprint density at radius 3 is 2.55 bits per heavy atom. The fourth-order valence-corrected chi connectivity index (χ4v) is 3.45. The number of hydrogen-bond donors (Lipinski definition) is 1. The fraction of sp³-hybridized carbons (Fsp3) is 0.238. The third-order valence-electron chi connectivity index (χ3n) is 4.79. The zero-order valence-corrected chi connectivity index (χ0v) is 15.4.